The molecule has 0 spiro atoms. The van der Waals surface area contributed by atoms with Gasteiger partial charge in [-0.3, -0.25) is 0 Å². The van der Waals surface area contributed by atoms with Gasteiger partial charge in [0.1, 0.15) is 11.3 Å². The number of aromatic nitrogens is 3. The number of imidazole rings is 1. The van der Waals surface area contributed by atoms with Crippen LogP contribution in [0.3, 0.4) is 0 Å². The first-order chi connectivity index (χ1) is 9.43. The molecule has 0 radical (unpaired) electrons. The molecule has 2 aromatic heterocycles. The summed E-state index contributed by atoms with van der Waals surface area (Å²) in [5.74, 6) is 1.61. The molecule has 0 aliphatic heterocycles. The van der Waals surface area contributed by atoms with Crippen LogP contribution in [0.4, 0.5) is 0 Å². The first kappa shape index (κ1) is 15.3. The van der Waals surface area contributed by atoms with Gasteiger partial charge in [0.25, 0.3) is 0 Å². The Morgan fingerprint density at radius 1 is 1.35 bits per heavy atom. The monoisotopic (exact) mass is 294 g/mol. The van der Waals surface area contributed by atoms with Crippen LogP contribution >= 0.6 is 11.6 Å². The predicted octanol–water partition coefficient (Wildman–Crippen LogP) is 2.80. The van der Waals surface area contributed by atoms with E-state index < -0.39 is 0 Å². The van der Waals surface area contributed by atoms with Crippen LogP contribution in [0.15, 0.2) is 18.3 Å². The summed E-state index contributed by atoms with van der Waals surface area (Å²) >= 11 is 5.91. The van der Waals surface area contributed by atoms with Gasteiger partial charge in [0.05, 0.1) is 0 Å². The number of hydrogen-bond donors (Lipinski definition) is 0. The van der Waals surface area contributed by atoms with Crippen LogP contribution in [0, 0.1) is 5.41 Å². The van der Waals surface area contributed by atoms with Crippen molar-refractivity contribution in [3.05, 3.63) is 24.2 Å². The van der Waals surface area contributed by atoms with Crippen molar-refractivity contribution in [2.45, 2.75) is 26.8 Å². The van der Waals surface area contributed by atoms with Crippen molar-refractivity contribution in [3.8, 4) is 0 Å². The van der Waals surface area contributed by atoms with Crippen LogP contribution < -0.4 is 0 Å². The Labute approximate surface area is 125 Å². The second-order valence-electron chi connectivity index (χ2n) is 6.30. The fraction of sp³-hybridized carbons (Fsp3) is 0.600. The van der Waals surface area contributed by atoms with Crippen LogP contribution in [0.5, 0.6) is 0 Å². The van der Waals surface area contributed by atoms with Gasteiger partial charge in [-0.25, -0.2) is 9.97 Å². The number of nitrogens with zero attached hydrogens (tertiary/aromatic N) is 4. The van der Waals surface area contributed by atoms with E-state index in [1.165, 1.54) is 0 Å². The van der Waals surface area contributed by atoms with Gasteiger partial charge in [-0.1, -0.05) is 13.8 Å². The van der Waals surface area contributed by atoms with Crippen molar-refractivity contribution < 1.29 is 0 Å². The Kier molecular flexibility index (Phi) is 4.66. The number of pyridine rings is 1. The highest BCUT2D eigenvalue weighted by molar-refractivity contribution is 6.17. The summed E-state index contributed by atoms with van der Waals surface area (Å²) in [4.78, 5) is 11.4. The number of rotatable bonds is 6. The topological polar surface area (TPSA) is 34.0 Å². The van der Waals surface area contributed by atoms with Gasteiger partial charge in [0, 0.05) is 31.6 Å². The molecule has 0 aliphatic rings. The quantitative estimate of drug-likeness (QED) is 0.768. The second-order valence-corrected chi connectivity index (χ2v) is 6.68. The summed E-state index contributed by atoms with van der Waals surface area (Å²) in [5, 5.41) is 0. The molecule has 110 valence electrons. The molecule has 0 amide bonds. The SMILES string of the molecule is CN(C)CC(C)(C)Cn1c(CCCl)nc2cccnc21. The van der Waals surface area contributed by atoms with E-state index in [9.17, 15) is 0 Å². The third kappa shape index (κ3) is 3.49. The molecular formula is C15H23ClN4. The minimum absolute atomic E-state index is 0.149. The van der Waals surface area contributed by atoms with Gasteiger partial charge in [0.2, 0.25) is 0 Å². The molecule has 0 atom stereocenters. The van der Waals surface area contributed by atoms with Gasteiger partial charge < -0.3 is 9.47 Å². The number of aryl methyl sites for hydroxylation is 1. The van der Waals surface area contributed by atoms with E-state index in [2.05, 4.69) is 47.4 Å². The standard InChI is InChI=1S/C15H23ClN4/c1-15(2,10-19(3)4)11-20-13(7-8-16)18-12-6-5-9-17-14(12)20/h5-6,9H,7-8,10-11H2,1-4H3. The number of halogens is 1. The number of alkyl halides is 1. The largest absolute Gasteiger partial charge is 0.312 e. The smallest absolute Gasteiger partial charge is 0.160 e. The highest BCUT2D eigenvalue weighted by Gasteiger charge is 2.23. The van der Waals surface area contributed by atoms with Gasteiger partial charge in [-0.15, -0.1) is 11.6 Å². The summed E-state index contributed by atoms with van der Waals surface area (Å²) in [6.45, 7) is 6.45. The van der Waals surface area contributed by atoms with E-state index in [4.69, 9.17) is 11.6 Å². The van der Waals surface area contributed by atoms with Crippen LogP contribution in [0.1, 0.15) is 19.7 Å². The molecule has 0 aromatic carbocycles. The molecule has 5 heteroatoms. The zero-order valence-corrected chi connectivity index (χ0v) is 13.5. The van der Waals surface area contributed by atoms with E-state index in [0.29, 0.717) is 5.88 Å². The molecule has 0 bridgehead atoms. The fourth-order valence-electron chi connectivity index (χ4n) is 2.78. The Morgan fingerprint density at radius 3 is 2.75 bits per heavy atom. The van der Waals surface area contributed by atoms with E-state index >= 15 is 0 Å². The summed E-state index contributed by atoms with van der Waals surface area (Å²) in [6, 6.07) is 3.94. The Balaban J connectivity index is 2.38. The normalized spacial score (nSPS) is 12.5. The molecule has 4 nitrogen and oxygen atoms in total. The summed E-state index contributed by atoms with van der Waals surface area (Å²) < 4.78 is 2.22. The molecule has 2 heterocycles. The lowest BCUT2D eigenvalue weighted by Gasteiger charge is -2.29. The van der Waals surface area contributed by atoms with Crippen molar-refractivity contribution in [2.75, 3.05) is 26.5 Å². The molecule has 2 aromatic rings. The third-order valence-electron chi connectivity index (χ3n) is 3.23. The highest BCUT2D eigenvalue weighted by Crippen LogP contribution is 2.23. The molecule has 0 saturated carbocycles. The molecule has 20 heavy (non-hydrogen) atoms. The highest BCUT2D eigenvalue weighted by atomic mass is 35.5. The Bertz CT molecular complexity index is 574. The lowest BCUT2D eigenvalue weighted by Crippen LogP contribution is -2.33. The minimum Gasteiger partial charge on any atom is -0.312 e. The van der Waals surface area contributed by atoms with Gasteiger partial charge >= 0.3 is 0 Å². The van der Waals surface area contributed by atoms with E-state index in [0.717, 1.165) is 36.5 Å². The van der Waals surface area contributed by atoms with E-state index in [1.807, 2.05) is 18.3 Å². The second kappa shape index (κ2) is 6.10. The average Bonchev–Trinajstić information content (AvgIpc) is 2.66. The average molecular weight is 295 g/mol. The van der Waals surface area contributed by atoms with E-state index in [-0.39, 0.29) is 5.41 Å². The zero-order valence-electron chi connectivity index (χ0n) is 12.7. The maximum atomic E-state index is 5.91. The summed E-state index contributed by atoms with van der Waals surface area (Å²) in [5.41, 5.74) is 2.06. The van der Waals surface area contributed by atoms with Gasteiger partial charge in [-0.2, -0.15) is 0 Å². The van der Waals surface area contributed by atoms with Crippen molar-refractivity contribution in [3.63, 3.8) is 0 Å². The zero-order chi connectivity index (χ0) is 14.8. The van der Waals surface area contributed by atoms with Crippen molar-refractivity contribution in [1.82, 2.24) is 19.4 Å². The molecule has 0 saturated heterocycles. The molecular weight excluding hydrogens is 272 g/mol. The molecule has 2 rings (SSSR count). The first-order valence-electron chi connectivity index (χ1n) is 6.94. The first-order valence-corrected chi connectivity index (χ1v) is 7.47. The van der Waals surface area contributed by atoms with Crippen molar-refractivity contribution in [2.24, 2.45) is 5.41 Å². The molecule has 0 fully saturated rings. The van der Waals surface area contributed by atoms with Crippen molar-refractivity contribution in [1.29, 1.82) is 0 Å². The fourth-order valence-corrected chi connectivity index (χ4v) is 2.95. The lowest BCUT2D eigenvalue weighted by molar-refractivity contribution is 0.211. The van der Waals surface area contributed by atoms with Crippen LogP contribution in [0.25, 0.3) is 11.2 Å². The van der Waals surface area contributed by atoms with Gasteiger partial charge in [-0.05, 0) is 31.6 Å². The van der Waals surface area contributed by atoms with Crippen LogP contribution in [0.2, 0.25) is 0 Å². The maximum Gasteiger partial charge on any atom is 0.160 e. The summed E-state index contributed by atoms with van der Waals surface area (Å²) in [6.07, 6.45) is 2.60. The van der Waals surface area contributed by atoms with Crippen molar-refractivity contribution >= 4 is 22.8 Å². The summed E-state index contributed by atoms with van der Waals surface area (Å²) in [7, 11) is 4.21. The van der Waals surface area contributed by atoms with Crippen LogP contribution in [-0.4, -0.2) is 46.0 Å². The van der Waals surface area contributed by atoms with E-state index in [1.54, 1.807) is 0 Å². The lowest BCUT2D eigenvalue weighted by atomic mass is 9.92. The van der Waals surface area contributed by atoms with Crippen LogP contribution in [-0.2, 0) is 13.0 Å². The van der Waals surface area contributed by atoms with Gasteiger partial charge in [0.15, 0.2) is 5.65 Å². The Hall–Kier alpha value is -1.13. The third-order valence-corrected chi connectivity index (χ3v) is 3.42. The number of hydrogen-bond acceptors (Lipinski definition) is 3. The minimum atomic E-state index is 0.149. The maximum absolute atomic E-state index is 5.91. The molecule has 0 unspecified atom stereocenters. The Morgan fingerprint density at radius 2 is 2.10 bits per heavy atom. The molecule has 0 N–H and O–H groups in total. The predicted molar refractivity (Wildman–Crippen MR) is 84.3 cm³/mol. The number of fused-ring (bicyclic) bond motifs is 1. The molecule has 0 aliphatic carbocycles.